The zero-order valence-corrected chi connectivity index (χ0v) is 12.1. The maximum Gasteiger partial charge on any atom is 0.416 e. The molecular formula is C15H16F3NO4. The summed E-state index contributed by atoms with van der Waals surface area (Å²) in [5, 5.41) is 18.7. The van der Waals surface area contributed by atoms with Crippen molar-refractivity contribution in [2.45, 2.75) is 31.0 Å². The molecule has 0 saturated carbocycles. The Labute approximate surface area is 130 Å². The summed E-state index contributed by atoms with van der Waals surface area (Å²) >= 11 is 0. The minimum atomic E-state index is -4.47. The number of carboxylic acids is 1. The van der Waals surface area contributed by atoms with Crippen LogP contribution in [0.4, 0.5) is 13.2 Å². The van der Waals surface area contributed by atoms with Gasteiger partial charge in [0.1, 0.15) is 0 Å². The van der Waals surface area contributed by atoms with Crippen LogP contribution in [0.15, 0.2) is 24.3 Å². The monoisotopic (exact) mass is 331 g/mol. The van der Waals surface area contributed by atoms with E-state index in [-0.39, 0.29) is 37.9 Å². The molecule has 0 radical (unpaired) electrons. The molecule has 23 heavy (non-hydrogen) atoms. The molecule has 0 aliphatic carbocycles. The molecule has 0 unspecified atom stereocenters. The number of nitrogens with zero attached hydrogens (tertiary/aromatic N) is 1. The standard InChI is InChI=1S/C15H16F3NO4/c16-15(17,18)11-3-1-2-10(8-11)9-12(20)19-6-4-14(23,5-7-19)13(21)22/h1-3,8,23H,4-7,9H2,(H,21,22). The van der Waals surface area contributed by atoms with Crippen LogP contribution in [-0.2, 0) is 22.2 Å². The molecule has 2 N–H and O–H groups in total. The van der Waals surface area contributed by atoms with Crippen LogP contribution < -0.4 is 0 Å². The van der Waals surface area contributed by atoms with E-state index >= 15 is 0 Å². The number of aliphatic carboxylic acids is 1. The van der Waals surface area contributed by atoms with E-state index < -0.39 is 29.2 Å². The average molecular weight is 331 g/mol. The van der Waals surface area contributed by atoms with Gasteiger partial charge in [0.05, 0.1) is 12.0 Å². The molecule has 2 rings (SSSR count). The van der Waals surface area contributed by atoms with Gasteiger partial charge in [-0.2, -0.15) is 13.2 Å². The molecule has 1 aromatic carbocycles. The molecule has 1 aromatic rings. The summed E-state index contributed by atoms with van der Waals surface area (Å²) in [5.74, 6) is -1.72. The maximum atomic E-state index is 12.6. The summed E-state index contributed by atoms with van der Waals surface area (Å²) in [7, 11) is 0. The van der Waals surface area contributed by atoms with E-state index in [0.29, 0.717) is 0 Å². The van der Waals surface area contributed by atoms with E-state index in [4.69, 9.17) is 5.11 Å². The van der Waals surface area contributed by atoms with Crippen molar-refractivity contribution in [1.82, 2.24) is 4.90 Å². The Morgan fingerprint density at radius 1 is 1.22 bits per heavy atom. The molecule has 0 aromatic heterocycles. The first-order chi connectivity index (χ1) is 10.6. The topological polar surface area (TPSA) is 77.8 Å². The Bertz CT molecular complexity index is 607. The molecule has 0 atom stereocenters. The largest absolute Gasteiger partial charge is 0.479 e. The first-order valence-corrected chi connectivity index (χ1v) is 7.01. The number of hydrogen-bond donors (Lipinski definition) is 2. The van der Waals surface area contributed by atoms with Gasteiger partial charge >= 0.3 is 12.1 Å². The number of halogens is 3. The predicted octanol–water partition coefficient (Wildman–Crippen LogP) is 1.69. The number of amides is 1. The van der Waals surface area contributed by atoms with Crippen LogP contribution in [-0.4, -0.2) is 45.7 Å². The fourth-order valence-electron chi connectivity index (χ4n) is 2.48. The first kappa shape index (κ1) is 17.3. The number of aliphatic hydroxyl groups is 1. The molecule has 1 amide bonds. The van der Waals surface area contributed by atoms with Crippen molar-refractivity contribution in [1.29, 1.82) is 0 Å². The Kier molecular flexibility index (Phi) is 4.65. The van der Waals surface area contributed by atoms with Crippen molar-refractivity contribution in [3.05, 3.63) is 35.4 Å². The van der Waals surface area contributed by atoms with E-state index in [1.807, 2.05) is 0 Å². The Hall–Kier alpha value is -2.09. The number of hydrogen-bond acceptors (Lipinski definition) is 3. The van der Waals surface area contributed by atoms with Crippen molar-refractivity contribution in [2.24, 2.45) is 0 Å². The lowest BCUT2D eigenvalue weighted by Crippen LogP contribution is -2.51. The van der Waals surface area contributed by atoms with Crippen LogP contribution in [0.5, 0.6) is 0 Å². The van der Waals surface area contributed by atoms with Crippen LogP contribution in [0.1, 0.15) is 24.0 Å². The van der Waals surface area contributed by atoms with Gasteiger partial charge in [0.25, 0.3) is 0 Å². The van der Waals surface area contributed by atoms with Crippen LogP contribution >= 0.6 is 0 Å². The fraction of sp³-hybridized carbons (Fsp3) is 0.467. The summed E-state index contributed by atoms with van der Waals surface area (Å²) in [6.45, 7) is 0.112. The normalized spacial score (nSPS) is 17.8. The number of rotatable bonds is 3. The number of alkyl halides is 3. The summed E-state index contributed by atoms with van der Waals surface area (Å²) in [5.41, 5.74) is -2.42. The van der Waals surface area contributed by atoms with Crippen LogP contribution in [0.3, 0.4) is 0 Å². The third-order valence-electron chi connectivity index (χ3n) is 3.95. The lowest BCUT2D eigenvalue weighted by Gasteiger charge is -2.35. The van der Waals surface area contributed by atoms with E-state index in [2.05, 4.69) is 0 Å². The third kappa shape index (κ3) is 4.01. The maximum absolute atomic E-state index is 12.6. The van der Waals surface area contributed by atoms with Crippen LogP contribution in [0.25, 0.3) is 0 Å². The summed E-state index contributed by atoms with van der Waals surface area (Å²) in [4.78, 5) is 24.4. The Morgan fingerprint density at radius 3 is 2.35 bits per heavy atom. The summed E-state index contributed by atoms with van der Waals surface area (Å²) in [6.07, 6.45) is -4.87. The molecular weight excluding hydrogens is 315 g/mol. The first-order valence-electron chi connectivity index (χ1n) is 7.01. The van der Waals surface area contributed by atoms with Gasteiger partial charge in [0.2, 0.25) is 5.91 Å². The molecule has 8 heteroatoms. The van der Waals surface area contributed by atoms with Crippen molar-refractivity contribution in [3.8, 4) is 0 Å². The van der Waals surface area contributed by atoms with E-state index in [1.54, 1.807) is 0 Å². The van der Waals surface area contributed by atoms with Gasteiger partial charge in [-0.05, 0) is 11.6 Å². The number of carbonyl (C=O) groups excluding carboxylic acids is 1. The lowest BCUT2D eigenvalue weighted by atomic mass is 9.91. The molecule has 5 nitrogen and oxygen atoms in total. The van der Waals surface area contributed by atoms with Gasteiger partial charge in [-0.3, -0.25) is 4.79 Å². The quantitative estimate of drug-likeness (QED) is 0.883. The van der Waals surface area contributed by atoms with Crippen LogP contribution in [0.2, 0.25) is 0 Å². The Balaban J connectivity index is 2.00. The van der Waals surface area contributed by atoms with Gasteiger partial charge in [0, 0.05) is 25.9 Å². The van der Waals surface area contributed by atoms with Crippen LogP contribution in [0, 0.1) is 0 Å². The molecule has 0 bridgehead atoms. The zero-order valence-electron chi connectivity index (χ0n) is 12.1. The average Bonchev–Trinajstić information content (AvgIpc) is 2.47. The highest BCUT2D eigenvalue weighted by atomic mass is 19.4. The number of benzene rings is 1. The lowest BCUT2D eigenvalue weighted by molar-refractivity contribution is -0.165. The summed E-state index contributed by atoms with van der Waals surface area (Å²) in [6, 6.07) is 4.53. The van der Waals surface area contributed by atoms with Gasteiger partial charge in [-0.15, -0.1) is 0 Å². The van der Waals surface area contributed by atoms with Gasteiger partial charge in [-0.25, -0.2) is 4.79 Å². The second-order valence-electron chi connectivity index (χ2n) is 5.59. The second kappa shape index (κ2) is 6.19. The molecule has 1 fully saturated rings. The number of carboxylic acid groups (broad SMARTS) is 1. The van der Waals surface area contributed by atoms with Crippen molar-refractivity contribution in [3.63, 3.8) is 0 Å². The van der Waals surface area contributed by atoms with E-state index in [9.17, 15) is 27.9 Å². The third-order valence-corrected chi connectivity index (χ3v) is 3.95. The number of carbonyl (C=O) groups is 2. The minimum Gasteiger partial charge on any atom is -0.479 e. The van der Waals surface area contributed by atoms with E-state index in [1.165, 1.54) is 17.0 Å². The number of likely N-dealkylation sites (tertiary alicyclic amines) is 1. The fourth-order valence-corrected chi connectivity index (χ4v) is 2.48. The SMILES string of the molecule is O=C(Cc1cccc(C(F)(F)F)c1)N1CCC(O)(C(=O)O)CC1. The highest BCUT2D eigenvalue weighted by Gasteiger charge is 2.40. The highest BCUT2D eigenvalue weighted by molar-refractivity contribution is 5.80. The highest BCUT2D eigenvalue weighted by Crippen LogP contribution is 2.30. The molecule has 126 valence electrons. The van der Waals surface area contributed by atoms with E-state index in [0.717, 1.165) is 12.1 Å². The minimum absolute atomic E-state index is 0.0561. The summed E-state index contributed by atoms with van der Waals surface area (Å²) < 4.78 is 37.9. The Morgan fingerprint density at radius 2 is 1.83 bits per heavy atom. The molecule has 1 aliphatic heterocycles. The number of piperidine rings is 1. The van der Waals surface area contributed by atoms with Crippen molar-refractivity contribution >= 4 is 11.9 Å². The molecule has 1 heterocycles. The van der Waals surface area contributed by atoms with Gasteiger partial charge in [0.15, 0.2) is 5.60 Å². The van der Waals surface area contributed by atoms with Gasteiger partial charge < -0.3 is 15.1 Å². The zero-order chi connectivity index (χ0) is 17.3. The van der Waals surface area contributed by atoms with Crippen molar-refractivity contribution in [2.75, 3.05) is 13.1 Å². The second-order valence-corrected chi connectivity index (χ2v) is 5.59. The molecule has 1 aliphatic rings. The van der Waals surface area contributed by atoms with Gasteiger partial charge in [-0.1, -0.05) is 18.2 Å². The molecule has 0 spiro atoms. The molecule has 1 saturated heterocycles. The van der Waals surface area contributed by atoms with Crippen molar-refractivity contribution < 1.29 is 33.0 Å². The smallest absolute Gasteiger partial charge is 0.416 e. The predicted molar refractivity (Wildman–Crippen MR) is 73.5 cm³/mol.